The van der Waals surface area contributed by atoms with Gasteiger partial charge in [-0.2, -0.15) is 9.61 Å². The normalized spacial score (nSPS) is 17.6. The fraction of sp³-hybridized carbons (Fsp3) is 0.389. The number of fused-ring (bicyclic) bond motifs is 2. The molecular formula is C18H18N6O3S. The average molecular weight is 398 g/mol. The van der Waals surface area contributed by atoms with Gasteiger partial charge in [-0.05, 0) is 12.1 Å². The lowest BCUT2D eigenvalue weighted by molar-refractivity contribution is 0.0328. The number of rotatable bonds is 5. The van der Waals surface area contributed by atoms with Crippen LogP contribution in [0.25, 0.3) is 4.96 Å². The van der Waals surface area contributed by atoms with Crippen molar-refractivity contribution in [2.45, 2.75) is 13.0 Å². The third-order valence-electron chi connectivity index (χ3n) is 4.99. The number of hydrogen-bond acceptors (Lipinski definition) is 8. The summed E-state index contributed by atoms with van der Waals surface area (Å²) >= 11 is 1.44. The lowest BCUT2D eigenvalue weighted by Gasteiger charge is -2.25. The zero-order valence-electron chi connectivity index (χ0n) is 15.1. The first kappa shape index (κ1) is 17.4. The largest absolute Gasteiger partial charge is 0.379 e. The van der Waals surface area contributed by atoms with Crippen LogP contribution in [0.1, 0.15) is 31.5 Å². The predicted octanol–water partition coefficient (Wildman–Crippen LogP) is 0.857. The molecule has 2 aliphatic rings. The van der Waals surface area contributed by atoms with E-state index in [4.69, 9.17) is 4.74 Å². The molecule has 28 heavy (non-hydrogen) atoms. The molecule has 10 heteroatoms. The highest BCUT2D eigenvalue weighted by atomic mass is 32.1. The van der Waals surface area contributed by atoms with E-state index in [9.17, 15) is 9.59 Å². The molecule has 4 heterocycles. The number of morpholine rings is 1. The molecule has 3 aromatic rings. The molecule has 0 aliphatic carbocycles. The van der Waals surface area contributed by atoms with Crippen molar-refractivity contribution in [1.82, 2.24) is 29.6 Å². The first-order valence-electron chi connectivity index (χ1n) is 9.16. The molecule has 0 spiro atoms. The Bertz CT molecular complexity index is 1020. The Hall–Kier alpha value is -2.69. The highest BCUT2D eigenvalue weighted by molar-refractivity contribution is 7.16. The number of amides is 2. The Morgan fingerprint density at radius 3 is 2.46 bits per heavy atom. The maximum atomic E-state index is 12.5. The standard InChI is InChI=1S/C18H18N6O3S/c25-16-12-3-1-2-4-13(12)17(26)23(16)6-5-15-21-24-14(19-20-18(24)28-15)11-22-7-9-27-10-8-22/h1-4H,5-11H2. The van der Waals surface area contributed by atoms with Gasteiger partial charge in [0.2, 0.25) is 4.96 Å². The van der Waals surface area contributed by atoms with Crippen LogP contribution in [0.15, 0.2) is 24.3 Å². The average Bonchev–Trinajstić information content (AvgIpc) is 3.36. The van der Waals surface area contributed by atoms with Gasteiger partial charge < -0.3 is 4.74 Å². The Labute approximate surface area is 164 Å². The number of aromatic nitrogens is 4. The van der Waals surface area contributed by atoms with Gasteiger partial charge >= 0.3 is 0 Å². The third kappa shape index (κ3) is 2.99. The molecule has 0 radical (unpaired) electrons. The van der Waals surface area contributed by atoms with E-state index in [1.807, 2.05) is 0 Å². The summed E-state index contributed by atoms with van der Waals surface area (Å²) < 4.78 is 7.14. The zero-order chi connectivity index (χ0) is 19.1. The lowest BCUT2D eigenvalue weighted by Crippen LogP contribution is -2.36. The van der Waals surface area contributed by atoms with Crippen LogP contribution in [0.4, 0.5) is 0 Å². The molecule has 0 N–H and O–H groups in total. The van der Waals surface area contributed by atoms with Crippen molar-refractivity contribution in [3.05, 3.63) is 46.2 Å². The molecular weight excluding hydrogens is 380 g/mol. The van der Waals surface area contributed by atoms with Crippen molar-refractivity contribution >= 4 is 28.1 Å². The maximum absolute atomic E-state index is 12.5. The first-order chi connectivity index (χ1) is 13.7. The summed E-state index contributed by atoms with van der Waals surface area (Å²) in [4.78, 5) is 29.2. The Morgan fingerprint density at radius 2 is 1.75 bits per heavy atom. The van der Waals surface area contributed by atoms with E-state index in [0.717, 1.165) is 42.1 Å². The highest BCUT2D eigenvalue weighted by Gasteiger charge is 2.34. The Morgan fingerprint density at radius 1 is 1.04 bits per heavy atom. The summed E-state index contributed by atoms with van der Waals surface area (Å²) in [5, 5.41) is 13.9. The monoisotopic (exact) mass is 398 g/mol. The van der Waals surface area contributed by atoms with Gasteiger partial charge in [-0.1, -0.05) is 23.5 Å². The van der Waals surface area contributed by atoms with Crippen LogP contribution < -0.4 is 0 Å². The fourth-order valence-electron chi connectivity index (χ4n) is 3.51. The molecule has 9 nitrogen and oxygen atoms in total. The van der Waals surface area contributed by atoms with Gasteiger partial charge in [0.05, 0.1) is 30.9 Å². The van der Waals surface area contributed by atoms with Gasteiger partial charge in [0.1, 0.15) is 5.01 Å². The summed E-state index contributed by atoms with van der Waals surface area (Å²) in [7, 11) is 0. The minimum Gasteiger partial charge on any atom is -0.379 e. The molecule has 0 unspecified atom stereocenters. The van der Waals surface area contributed by atoms with Crippen LogP contribution >= 0.6 is 11.3 Å². The van der Waals surface area contributed by atoms with Crippen LogP contribution in [-0.2, 0) is 17.7 Å². The summed E-state index contributed by atoms with van der Waals surface area (Å²) in [5.74, 6) is 0.313. The molecule has 0 saturated carbocycles. The van der Waals surface area contributed by atoms with Gasteiger partial charge in [-0.15, -0.1) is 10.2 Å². The molecule has 5 rings (SSSR count). The summed E-state index contributed by atoms with van der Waals surface area (Å²) in [6.45, 7) is 4.16. The van der Waals surface area contributed by atoms with Crippen molar-refractivity contribution in [3.63, 3.8) is 0 Å². The fourth-order valence-corrected chi connectivity index (χ4v) is 4.35. The Balaban J connectivity index is 1.29. The Kier molecular flexibility index (Phi) is 4.38. The molecule has 1 fully saturated rings. The van der Waals surface area contributed by atoms with Crippen molar-refractivity contribution < 1.29 is 14.3 Å². The summed E-state index contributed by atoms with van der Waals surface area (Å²) in [6.07, 6.45) is 0.497. The molecule has 144 valence electrons. The second-order valence-electron chi connectivity index (χ2n) is 6.75. The van der Waals surface area contributed by atoms with E-state index in [1.54, 1.807) is 28.8 Å². The SMILES string of the molecule is O=C1c2ccccc2C(=O)N1CCc1nn2c(CN3CCOCC3)nnc2s1. The van der Waals surface area contributed by atoms with Crippen molar-refractivity contribution in [2.75, 3.05) is 32.8 Å². The van der Waals surface area contributed by atoms with Gasteiger partial charge in [0, 0.05) is 26.1 Å². The second-order valence-corrected chi connectivity index (χ2v) is 7.79. The van der Waals surface area contributed by atoms with Crippen molar-refractivity contribution in [3.8, 4) is 0 Å². The third-order valence-corrected chi connectivity index (χ3v) is 5.95. The molecule has 0 atom stereocenters. The van der Waals surface area contributed by atoms with Crippen LogP contribution in [0.3, 0.4) is 0 Å². The number of ether oxygens (including phenoxy) is 1. The van der Waals surface area contributed by atoms with Gasteiger partial charge in [0.25, 0.3) is 11.8 Å². The number of carbonyl (C=O) groups excluding carboxylic acids is 2. The number of hydrogen-bond donors (Lipinski definition) is 0. The van der Waals surface area contributed by atoms with E-state index in [0.29, 0.717) is 30.6 Å². The number of imide groups is 1. The lowest BCUT2D eigenvalue weighted by atomic mass is 10.1. The van der Waals surface area contributed by atoms with E-state index in [-0.39, 0.29) is 11.8 Å². The summed E-state index contributed by atoms with van der Waals surface area (Å²) in [6, 6.07) is 6.92. The van der Waals surface area contributed by atoms with Gasteiger partial charge in [-0.25, -0.2) is 0 Å². The van der Waals surface area contributed by atoms with Gasteiger partial charge in [0.15, 0.2) is 5.82 Å². The van der Waals surface area contributed by atoms with Crippen molar-refractivity contribution in [2.24, 2.45) is 0 Å². The highest BCUT2D eigenvalue weighted by Crippen LogP contribution is 2.23. The van der Waals surface area contributed by atoms with Crippen molar-refractivity contribution in [1.29, 1.82) is 0 Å². The molecule has 2 amide bonds. The first-order valence-corrected chi connectivity index (χ1v) is 9.97. The predicted molar refractivity (Wildman–Crippen MR) is 100 cm³/mol. The molecule has 1 saturated heterocycles. The smallest absolute Gasteiger partial charge is 0.261 e. The molecule has 2 aliphatic heterocycles. The minimum atomic E-state index is -0.239. The van der Waals surface area contributed by atoms with E-state index < -0.39 is 0 Å². The molecule has 1 aromatic carbocycles. The van der Waals surface area contributed by atoms with Gasteiger partial charge in [-0.3, -0.25) is 19.4 Å². The molecule has 0 bridgehead atoms. The van der Waals surface area contributed by atoms with Crippen LogP contribution in [0.5, 0.6) is 0 Å². The summed E-state index contributed by atoms with van der Waals surface area (Å²) in [5.41, 5.74) is 0.942. The quantitative estimate of drug-likeness (QED) is 0.589. The van der Waals surface area contributed by atoms with Crippen LogP contribution in [0, 0.1) is 0 Å². The van der Waals surface area contributed by atoms with Crippen LogP contribution in [0.2, 0.25) is 0 Å². The second kappa shape index (κ2) is 7.04. The van der Waals surface area contributed by atoms with E-state index in [2.05, 4.69) is 20.2 Å². The number of nitrogens with zero attached hydrogens (tertiary/aromatic N) is 6. The van der Waals surface area contributed by atoms with E-state index >= 15 is 0 Å². The number of benzene rings is 1. The van der Waals surface area contributed by atoms with E-state index in [1.165, 1.54) is 16.2 Å². The molecule has 2 aromatic heterocycles. The number of carbonyl (C=O) groups is 2. The minimum absolute atomic E-state index is 0.239. The maximum Gasteiger partial charge on any atom is 0.261 e. The zero-order valence-corrected chi connectivity index (χ0v) is 15.9. The topological polar surface area (TPSA) is 92.9 Å². The van der Waals surface area contributed by atoms with Crippen LogP contribution in [-0.4, -0.2) is 74.3 Å².